The van der Waals surface area contributed by atoms with Gasteiger partial charge in [-0.25, -0.2) is 0 Å². The molecule has 138 valence electrons. The van der Waals surface area contributed by atoms with Crippen LogP contribution >= 0.6 is 11.6 Å². The van der Waals surface area contributed by atoms with E-state index in [1.165, 1.54) is 25.1 Å². The number of amides is 1. The average Bonchev–Trinajstić information content (AvgIpc) is 2.55. The van der Waals surface area contributed by atoms with Crippen molar-refractivity contribution in [3.05, 3.63) is 63.2 Å². The molecule has 0 radical (unpaired) electrons. The number of anilines is 1. The van der Waals surface area contributed by atoms with Crippen LogP contribution in [0.15, 0.2) is 42.5 Å². The minimum atomic E-state index is -4.59. The van der Waals surface area contributed by atoms with Gasteiger partial charge in [0.15, 0.2) is 6.10 Å². The Morgan fingerprint density at radius 3 is 2.58 bits per heavy atom. The zero-order chi connectivity index (χ0) is 19.5. The maximum Gasteiger partial charge on any atom is 0.416 e. The van der Waals surface area contributed by atoms with Crippen molar-refractivity contribution in [2.24, 2.45) is 0 Å². The standard InChI is InChI=1S/C16H12ClF3N2O4/c1-9(26-12-4-2-3-11(8-12)22(24)25)15(23)21-14-7-10(16(18,19)20)5-6-13(14)17/h2-9H,1H3,(H,21,23)/t9-/m0/s1. The fraction of sp³-hybridized carbons (Fsp3) is 0.188. The fourth-order valence-corrected chi connectivity index (χ4v) is 2.12. The molecular weight excluding hydrogens is 377 g/mol. The molecule has 1 atom stereocenters. The van der Waals surface area contributed by atoms with Crippen LogP contribution < -0.4 is 10.1 Å². The number of halogens is 4. The van der Waals surface area contributed by atoms with Gasteiger partial charge in [-0.2, -0.15) is 13.2 Å². The summed E-state index contributed by atoms with van der Waals surface area (Å²) in [5, 5.41) is 12.9. The first-order valence-corrected chi connectivity index (χ1v) is 7.54. The first kappa shape index (κ1) is 19.5. The van der Waals surface area contributed by atoms with E-state index in [0.717, 1.165) is 18.2 Å². The molecule has 2 aromatic carbocycles. The third-order valence-corrected chi connectivity index (χ3v) is 3.59. The SMILES string of the molecule is C[C@H](Oc1cccc([N+](=O)[O-])c1)C(=O)Nc1cc(C(F)(F)F)ccc1Cl. The molecule has 0 saturated heterocycles. The summed E-state index contributed by atoms with van der Waals surface area (Å²) in [7, 11) is 0. The summed E-state index contributed by atoms with van der Waals surface area (Å²) in [4.78, 5) is 22.2. The van der Waals surface area contributed by atoms with Gasteiger partial charge >= 0.3 is 6.18 Å². The smallest absolute Gasteiger partial charge is 0.416 e. The highest BCUT2D eigenvalue weighted by Gasteiger charge is 2.31. The van der Waals surface area contributed by atoms with Crippen LogP contribution in [0.25, 0.3) is 0 Å². The minimum absolute atomic E-state index is 0.0667. The second kappa shape index (κ2) is 7.61. The van der Waals surface area contributed by atoms with Gasteiger partial charge in [0.05, 0.1) is 27.3 Å². The summed E-state index contributed by atoms with van der Waals surface area (Å²) in [6, 6.07) is 7.68. The lowest BCUT2D eigenvalue weighted by Gasteiger charge is -2.16. The van der Waals surface area contributed by atoms with Crippen molar-refractivity contribution in [1.82, 2.24) is 0 Å². The predicted molar refractivity (Wildman–Crippen MR) is 88.3 cm³/mol. The van der Waals surface area contributed by atoms with Crippen molar-refractivity contribution in [2.75, 3.05) is 5.32 Å². The normalized spacial score (nSPS) is 12.3. The van der Waals surface area contributed by atoms with Crippen molar-refractivity contribution < 1.29 is 27.6 Å². The van der Waals surface area contributed by atoms with E-state index in [-0.39, 0.29) is 22.1 Å². The first-order chi connectivity index (χ1) is 12.1. The monoisotopic (exact) mass is 388 g/mol. The predicted octanol–water partition coefficient (Wildman–Crippen LogP) is 4.67. The molecule has 10 heteroatoms. The van der Waals surface area contributed by atoms with Crippen molar-refractivity contribution in [2.45, 2.75) is 19.2 Å². The second-order valence-electron chi connectivity index (χ2n) is 5.20. The van der Waals surface area contributed by atoms with Gasteiger partial charge in [0.2, 0.25) is 0 Å². The van der Waals surface area contributed by atoms with Crippen molar-refractivity contribution in [1.29, 1.82) is 0 Å². The van der Waals surface area contributed by atoms with Gasteiger partial charge in [0, 0.05) is 6.07 Å². The van der Waals surface area contributed by atoms with Gasteiger partial charge in [-0.15, -0.1) is 0 Å². The Balaban J connectivity index is 2.12. The molecule has 0 fully saturated rings. The summed E-state index contributed by atoms with van der Waals surface area (Å²) >= 11 is 5.81. The van der Waals surface area contributed by atoms with Gasteiger partial charge < -0.3 is 10.1 Å². The largest absolute Gasteiger partial charge is 0.481 e. The number of hydrogen-bond donors (Lipinski definition) is 1. The third kappa shape index (κ3) is 4.85. The average molecular weight is 389 g/mol. The molecule has 2 rings (SSSR count). The third-order valence-electron chi connectivity index (χ3n) is 3.26. The maximum absolute atomic E-state index is 12.8. The number of rotatable bonds is 5. The number of carbonyl (C=O) groups is 1. The Labute approximate surface area is 150 Å². The summed E-state index contributed by atoms with van der Waals surface area (Å²) in [6.07, 6.45) is -5.72. The number of nitro groups is 1. The van der Waals surface area contributed by atoms with Crippen LogP contribution in [0.5, 0.6) is 5.75 Å². The number of non-ortho nitro benzene ring substituents is 1. The second-order valence-corrected chi connectivity index (χ2v) is 5.60. The molecule has 0 aromatic heterocycles. The Kier molecular flexibility index (Phi) is 5.71. The van der Waals surface area contributed by atoms with Crippen molar-refractivity contribution in [3.63, 3.8) is 0 Å². The molecule has 0 unspecified atom stereocenters. The molecule has 0 aliphatic heterocycles. The Morgan fingerprint density at radius 2 is 1.96 bits per heavy atom. The number of carbonyl (C=O) groups excluding carboxylic acids is 1. The van der Waals surface area contributed by atoms with Crippen LogP contribution in [0, 0.1) is 10.1 Å². The lowest BCUT2D eigenvalue weighted by molar-refractivity contribution is -0.384. The number of ether oxygens (including phenoxy) is 1. The first-order valence-electron chi connectivity index (χ1n) is 7.16. The zero-order valence-electron chi connectivity index (χ0n) is 13.2. The van der Waals surface area contributed by atoms with E-state index in [1.54, 1.807) is 0 Å². The maximum atomic E-state index is 12.8. The number of nitrogens with zero attached hydrogens (tertiary/aromatic N) is 1. The quantitative estimate of drug-likeness (QED) is 0.596. The topological polar surface area (TPSA) is 81.5 Å². The summed E-state index contributed by atoms with van der Waals surface area (Å²) in [5.74, 6) is -0.699. The van der Waals surface area contributed by atoms with Crippen molar-refractivity contribution in [3.8, 4) is 5.75 Å². The van der Waals surface area contributed by atoms with E-state index in [9.17, 15) is 28.1 Å². The van der Waals surface area contributed by atoms with Crippen molar-refractivity contribution >= 4 is 28.9 Å². The Morgan fingerprint density at radius 1 is 1.27 bits per heavy atom. The van der Waals surface area contributed by atoms with Crippen LogP contribution in [0.3, 0.4) is 0 Å². The van der Waals surface area contributed by atoms with E-state index < -0.39 is 28.7 Å². The molecule has 1 amide bonds. The van der Waals surface area contributed by atoms with Crippen LogP contribution in [-0.2, 0) is 11.0 Å². The fourth-order valence-electron chi connectivity index (χ4n) is 1.96. The molecule has 2 aromatic rings. The molecule has 26 heavy (non-hydrogen) atoms. The Bertz CT molecular complexity index is 842. The highest BCUT2D eigenvalue weighted by atomic mass is 35.5. The van der Waals surface area contributed by atoms with Gasteiger partial charge in [0.25, 0.3) is 11.6 Å². The number of alkyl halides is 3. The van der Waals surface area contributed by atoms with Gasteiger partial charge in [-0.3, -0.25) is 14.9 Å². The summed E-state index contributed by atoms with van der Waals surface area (Å²) in [6.45, 7) is 1.34. The van der Waals surface area contributed by atoms with E-state index in [1.807, 2.05) is 0 Å². The molecule has 0 saturated carbocycles. The molecule has 0 aliphatic carbocycles. The highest BCUT2D eigenvalue weighted by Crippen LogP contribution is 2.34. The van der Waals surface area contributed by atoms with E-state index in [4.69, 9.17) is 16.3 Å². The molecular formula is C16H12ClF3N2O4. The lowest BCUT2D eigenvalue weighted by Crippen LogP contribution is -2.30. The molecule has 0 spiro atoms. The number of nitrogens with one attached hydrogen (secondary N) is 1. The summed E-state index contributed by atoms with van der Waals surface area (Å²) in [5.41, 5.74) is -1.42. The van der Waals surface area contributed by atoms with Crippen LogP contribution in [0.1, 0.15) is 12.5 Å². The van der Waals surface area contributed by atoms with Gasteiger partial charge in [-0.1, -0.05) is 17.7 Å². The van der Waals surface area contributed by atoms with Crippen LogP contribution in [-0.4, -0.2) is 16.9 Å². The van der Waals surface area contributed by atoms with Gasteiger partial charge in [-0.05, 0) is 31.2 Å². The number of hydrogen-bond acceptors (Lipinski definition) is 4. The molecule has 0 heterocycles. The molecule has 0 aliphatic rings. The summed E-state index contributed by atoms with van der Waals surface area (Å²) < 4.78 is 43.5. The van der Waals surface area contributed by atoms with E-state index in [2.05, 4.69) is 5.32 Å². The highest BCUT2D eigenvalue weighted by molar-refractivity contribution is 6.33. The molecule has 1 N–H and O–H groups in total. The van der Waals surface area contributed by atoms with E-state index >= 15 is 0 Å². The van der Waals surface area contributed by atoms with Crippen LogP contribution in [0.4, 0.5) is 24.5 Å². The zero-order valence-corrected chi connectivity index (χ0v) is 14.0. The number of benzene rings is 2. The Hall–Kier alpha value is -2.81. The molecule has 6 nitrogen and oxygen atoms in total. The van der Waals surface area contributed by atoms with E-state index in [0.29, 0.717) is 6.07 Å². The van der Waals surface area contributed by atoms with Gasteiger partial charge in [0.1, 0.15) is 5.75 Å². The van der Waals surface area contributed by atoms with Crippen LogP contribution in [0.2, 0.25) is 5.02 Å². The molecule has 0 bridgehead atoms. The minimum Gasteiger partial charge on any atom is -0.481 e. The lowest BCUT2D eigenvalue weighted by atomic mass is 10.2. The number of nitro benzene ring substituents is 1.